The number of carboxylic acid groups (broad SMARTS) is 1. The molecule has 1 heterocycles. The zero-order valence-electron chi connectivity index (χ0n) is 10.8. The first-order chi connectivity index (χ1) is 9.66. The summed E-state index contributed by atoms with van der Waals surface area (Å²) in [5.41, 5.74) is 1.47. The lowest BCUT2D eigenvalue weighted by Crippen LogP contribution is -2.30. The molecule has 6 heteroatoms. The Morgan fingerprint density at radius 1 is 1.35 bits per heavy atom. The number of aliphatic carboxylic acids is 1. The summed E-state index contributed by atoms with van der Waals surface area (Å²) in [6.07, 6.45) is 1.82. The number of hydrogen-bond donors (Lipinski definition) is 2. The molecule has 2 rings (SSSR count). The summed E-state index contributed by atoms with van der Waals surface area (Å²) in [7, 11) is 0. The number of carboxylic acids is 1. The van der Waals surface area contributed by atoms with E-state index in [1.165, 1.54) is 11.8 Å². The molecule has 0 atom stereocenters. The van der Waals surface area contributed by atoms with Gasteiger partial charge in [-0.25, -0.2) is 0 Å². The molecule has 0 bridgehead atoms. The summed E-state index contributed by atoms with van der Waals surface area (Å²) in [6, 6.07) is 7.53. The molecule has 1 aliphatic rings. The largest absolute Gasteiger partial charge is 0.488 e. The van der Waals surface area contributed by atoms with Crippen molar-refractivity contribution in [3.05, 3.63) is 35.4 Å². The van der Waals surface area contributed by atoms with E-state index in [1.807, 2.05) is 30.3 Å². The minimum Gasteiger partial charge on any atom is -0.488 e. The molecule has 0 spiro atoms. The van der Waals surface area contributed by atoms with Gasteiger partial charge in [-0.2, -0.15) is 0 Å². The van der Waals surface area contributed by atoms with Gasteiger partial charge in [-0.3, -0.25) is 9.59 Å². The highest BCUT2D eigenvalue weighted by molar-refractivity contribution is 7.99. The van der Waals surface area contributed by atoms with Crippen molar-refractivity contribution >= 4 is 29.7 Å². The molecule has 20 heavy (non-hydrogen) atoms. The predicted molar refractivity (Wildman–Crippen MR) is 77.9 cm³/mol. The van der Waals surface area contributed by atoms with E-state index in [4.69, 9.17) is 9.84 Å². The van der Waals surface area contributed by atoms with Crippen molar-refractivity contribution in [1.29, 1.82) is 0 Å². The van der Waals surface area contributed by atoms with E-state index in [0.717, 1.165) is 11.3 Å². The van der Waals surface area contributed by atoms with E-state index < -0.39 is 5.97 Å². The number of hydrogen-bond acceptors (Lipinski definition) is 4. The van der Waals surface area contributed by atoms with Crippen LogP contribution < -0.4 is 10.1 Å². The third-order valence-electron chi connectivity index (χ3n) is 2.68. The molecule has 0 aromatic heterocycles. The van der Waals surface area contributed by atoms with Crippen LogP contribution in [-0.4, -0.2) is 41.6 Å². The molecule has 0 aliphatic carbocycles. The zero-order valence-corrected chi connectivity index (χ0v) is 11.6. The number of amides is 1. The highest BCUT2D eigenvalue weighted by Gasteiger charge is 2.16. The van der Waals surface area contributed by atoms with Crippen LogP contribution in [0, 0.1) is 0 Å². The minimum absolute atomic E-state index is 0.0506. The van der Waals surface area contributed by atoms with Crippen molar-refractivity contribution < 1.29 is 19.4 Å². The van der Waals surface area contributed by atoms with Gasteiger partial charge in [0.15, 0.2) is 0 Å². The maximum absolute atomic E-state index is 11.9. The number of thioether (sulfide) groups is 1. The fourth-order valence-corrected chi connectivity index (χ4v) is 2.32. The third-order valence-corrected chi connectivity index (χ3v) is 3.62. The normalized spacial score (nSPS) is 12.9. The topological polar surface area (TPSA) is 75.6 Å². The minimum atomic E-state index is -0.846. The first-order valence-electron chi connectivity index (χ1n) is 6.17. The molecule has 1 aromatic carbocycles. The molecule has 0 fully saturated rings. The zero-order chi connectivity index (χ0) is 14.4. The van der Waals surface area contributed by atoms with Crippen molar-refractivity contribution in [2.75, 3.05) is 24.7 Å². The first-order valence-corrected chi connectivity index (χ1v) is 7.32. The molecular formula is C14H15NO4S. The van der Waals surface area contributed by atoms with Gasteiger partial charge in [0.05, 0.1) is 11.3 Å². The van der Waals surface area contributed by atoms with Gasteiger partial charge >= 0.3 is 5.97 Å². The van der Waals surface area contributed by atoms with Crippen LogP contribution in [0.5, 0.6) is 5.75 Å². The Kier molecular flexibility index (Phi) is 5.06. The van der Waals surface area contributed by atoms with E-state index in [2.05, 4.69) is 5.32 Å². The molecule has 1 amide bonds. The monoisotopic (exact) mass is 293 g/mol. The summed E-state index contributed by atoms with van der Waals surface area (Å²) in [6.45, 7) is 0.695. The summed E-state index contributed by atoms with van der Waals surface area (Å²) in [4.78, 5) is 22.2. The van der Waals surface area contributed by atoms with Crippen LogP contribution >= 0.6 is 11.8 Å². The number of benzene rings is 1. The fraction of sp³-hybridized carbons (Fsp3) is 0.286. The lowest BCUT2D eigenvalue weighted by molar-refractivity contribution is -0.133. The maximum atomic E-state index is 11.9. The van der Waals surface area contributed by atoms with Crippen molar-refractivity contribution in [3.63, 3.8) is 0 Å². The Morgan fingerprint density at radius 2 is 2.15 bits per heavy atom. The van der Waals surface area contributed by atoms with Crippen LogP contribution in [0.2, 0.25) is 0 Å². The first kappa shape index (κ1) is 14.5. The van der Waals surface area contributed by atoms with Gasteiger partial charge in [-0.1, -0.05) is 18.2 Å². The molecule has 1 aromatic rings. The quantitative estimate of drug-likeness (QED) is 0.775. The Hall–Kier alpha value is -1.95. The number of para-hydroxylation sites is 1. The van der Waals surface area contributed by atoms with E-state index in [1.54, 1.807) is 0 Å². The molecule has 0 saturated carbocycles. The molecule has 1 aliphatic heterocycles. The van der Waals surface area contributed by atoms with Crippen LogP contribution in [0.4, 0.5) is 0 Å². The second-order valence-corrected chi connectivity index (χ2v) is 5.30. The van der Waals surface area contributed by atoms with Crippen molar-refractivity contribution in [2.45, 2.75) is 0 Å². The Bertz CT molecular complexity index is 542. The van der Waals surface area contributed by atoms with Gasteiger partial charge < -0.3 is 15.2 Å². The number of nitrogens with one attached hydrogen (secondary N) is 1. The van der Waals surface area contributed by atoms with E-state index >= 15 is 0 Å². The molecule has 0 unspecified atom stereocenters. The van der Waals surface area contributed by atoms with Gasteiger partial charge in [0.1, 0.15) is 12.4 Å². The Morgan fingerprint density at radius 3 is 2.95 bits per heavy atom. The number of carbonyl (C=O) groups is 2. The molecule has 5 nitrogen and oxygen atoms in total. The maximum Gasteiger partial charge on any atom is 0.313 e. The highest BCUT2D eigenvalue weighted by Crippen LogP contribution is 2.25. The standard InChI is InChI=1S/C14H15NO4S/c16-13(17)9-20-6-5-15-14(18)11-7-10-3-1-2-4-12(10)19-8-11/h1-4,7H,5-6,8-9H2,(H,15,18)(H,16,17). The summed E-state index contributed by atoms with van der Waals surface area (Å²) < 4.78 is 5.50. The van der Waals surface area contributed by atoms with Gasteiger partial charge in [-0.15, -0.1) is 11.8 Å². The summed E-state index contributed by atoms with van der Waals surface area (Å²) in [5.74, 6) is 0.385. The SMILES string of the molecule is O=C(O)CSCCNC(=O)C1=Cc2ccccc2OC1. The average molecular weight is 293 g/mol. The molecule has 0 radical (unpaired) electrons. The molecule has 0 saturated heterocycles. The number of fused-ring (bicyclic) bond motifs is 1. The van der Waals surface area contributed by atoms with Crippen molar-refractivity contribution in [2.24, 2.45) is 0 Å². The van der Waals surface area contributed by atoms with Crippen molar-refractivity contribution in [3.8, 4) is 5.75 Å². The van der Waals surface area contributed by atoms with Gasteiger partial charge in [0.2, 0.25) is 0 Å². The van der Waals surface area contributed by atoms with Gasteiger partial charge in [0, 0.05) is 17.9 Å². The van der Waals surface area contributed by atoms with E-state index in [0.29, 0.717) is 17.9 Å². The van der Waals surface area contributed by atoms with Crippen LogP contribution in [0.15, 0.2) is 29.8 Å². The number of ether oxygens (including phenoxy) is 1. The van der Waals surface area contributed by atoms with Crippen LogP contribution in [0.1, 0.15) is 5.56 Å². The number of rotatable bonds is 6. The Balaban J connectivity index is 1.82. The molecular weight excluding hydrogens is 278 g/mol. The molecule has 106 valence electrons. The summed E-state index contributed by atoms with van der Waals surface area (Å²) in [5, 5.41) is 11.2. The Labute approximate surface area is 121 Å². The predicted octanol–water partition coefficient (Wildman–Crippen LogP) is 1.40. The van der Waals surface area contributed by atoms with E-state index in [-0.39, 0.29) is 18.3 Å². The van der Waals surface area contributed by atoms with Crippen LogP contribution in [0.25, 0.3) is 6.08 Å². The third kappa shape index (κ3) is 4.03. The van der Waals surface area contributed by atoms with Crippen LogP contribution in [0.3, 0.4) is 0 Å². The fourth-order valence-electron chi connectivity index (χ4n) is 1.76. The van der Waals surface area contributed by atoms with Gasteiger partial charge in [0.25, 0.3) is 5.91 Å². The molecule has 2 N–H and O–H groups in total. The van der Waals surface area contributed by atoms with Gasteiger partial charge in [-0.05, 0) is 12.1 Å². The van der Waals surface area contributed by atoms with Crippen molar-refractivity contribution in [1.82, 2.24) is 5.32 Å². The second-order valence-electron chi connectivity index (χ2n) is 4.20. The number of carbonyl (C=O) groups excluding carboxylic acids is 1. The second kappa shape index (κ2) is 7.00. The smallest absolute Gasteiger partial charge is 0.313 e. The highest BCUT2D eigenvalue weighted by atomic mass is 32.2. The van der Waals surface area contributed by atoms with E-state index in [9.17, 15) is 9.59 Å². The van der Waals surface area contributed by atoms with Crippen LogP contribution in [-0.2, 0) is 9.59 Å². The summed E-state index contributed by atoms with van der Waals surface area (Å²) >= 11 is 1.27. The lowest BCUT2D eigenvalue weighted by Gasteiger charge is -2.17. The lowest BCUT2D eigenvalue weighted by atomic mass is 10.1. The average Bonchev–Trinajstić information content (AvgIpc) is 2.46.